The van der Waals surface area contributed by atoms with Crippen LogP contribution in [0, 0.1) is 11.3 Å². The highest BCUT2D eigenvalue weighted by Crippen LogP contribution is 2.07. The number of amides is 2. The van der Waals surface area contributed by atoms with Gasteiger partial charge < -0.3 is 15.7 Å². The van der Waals surface area contributed by atoms with Crippen molar-refractivity contribution in [1.29, 1.82) is 5.26 Å². The molecule has 26 heavy (non-hydrogen) atoms. The Labute approximate surface area is 150 Å². The first-order valence-electron chi connectivity index (χ1n) is 7.84. The van der Waals surface area contributed by atoms with Gasteiger partial charge in [0.1, 0.15) is 6.04 Å². The summed E-state index contributed by atoms with van der Waals surface area (Å²) in [6.45, 7) is -0.328. The van der Waals surface area contributed by atoms with Crippen LogP contribution in [0.2, 0.25) is 0 Å². The van der Waals surface area contributed by atoms with Crippen molar-refractivity contribution >= 4 is 17.8 Å². The lowest BCUT2D eigenvalue weighted by Gasteiger charge is -2.15. The van der Waals surface area contributed by atoms with Gasteiger partial charge in [-0.3, -0.25) is 9.59 Å². The molecule has 0 heterocycles. The second-order valence-electron chi connectivity index (χ2n) is 5.52. The number of carboxylic acid groups (broad SMARTS) is 1. The van der Waals surface area contributed by atoms with Crippen LogP contribution in [-0.4, -0.2) is 35.5 Å². The molecular weight excluding hydrogens is 334 g/mol. The summed E-state index contributed by atoms with van der Waals surface area (Å²) < 4.78 is 0. The van der Waals surface area contributed by atoms with Gasteiger partial charge in [-0.25, -0.2) is 4.79 Å². The standard InChI is InChI=1S/C19H17N3O4/c20-11-14-8-6-13(7-9-14)10-16(19(25)26)22-17(23)12-21-18(24)15-4-2-1-3-5-15/h1-9,16H,10,12H2,(H,21,24)(H,22,23)(H,25,26)/t16-/m1/s1. The molecule has 0 saturated carbocycles. The average Bonchev–Trinajstić information content (AvgIpc) is 2.66. The SMILES string of the molecule is N#Cc1ccc(C[C@@H](NC(=O)CNC(=O)c2ccccc2)C(=O)O)cc1. The Balaban J connectivity index is 1.90. The number of benzene rings is 2. The first kappa shape index (κ1) is 18.7. The highest BCUT2D eigenvalue weighted by Gasteiger charge is 2.20. The fourth-order valence-corrected chi connectivity index (χ4v) is 2.25. The van der Waals surface area contributed by atoms with Gasteiger partial charge in [0.05, 0.1) is 18.2 Å². The number of aliphatic carboxylic acids is 1. The Morgan fingerprint density at radius 3 is 2.27 bits per heavy atom. The summed E-state index contributed by atoms with van der Waals surface area (Å²) >= 11 is 0. The minimum absolute atomic E-state index is 0.0689. The molecular formula is C19H17N3O4. The summed E-state index contributed by atoms with van der Waals surface area (Å²) in [5.74, 6) is -2.20. The maximum atomic E-state index is 12.0. The van der Waals surface area contributed by atoms with Gasteiger partial charge in [-0.1, -0.05) is 30.3 Å². The zero-order valence-electron chi connectivity index (χ0n) is 13.8. The van der Waals surface area contributed by atoms with Crippen molar-refractivity contribution in [2.75, 3.05) is 6.54 Å². The van der Waals surface area contributed by atoms with E-state index in [0.717, 1.165) is 0 Å². The number of carboxylic acids is 1. The van der Waals surface area contributed by atoms with Crippen LogP contribution in [0.15, 0.2) is 54.6 Å². The molecule has 0 aromatic heterocycles. The summed E-state index contributed by atoms with van der Waals surface area (Å²) in [5.41, 5.74) is 1.55. The molecule has 2 rings (SSSR count). The summed E-state index contributed by atoms with van der Waals surface area (Å²) in [4.78, 5) is 35.2. The normalized spacial score (nSPS) is 11.0. The van der Waals surface area contributed by atoms with Crippen LogP contribution < -0.4 is 10.6 Å². The van der Waals surface area contributed by atoms with Crippen LogP contribution in [0.25, 0.3) is 0 Å². The van der Waals surface area contributed by atoms with E-state index in [-0.39, 0.29) is 13.0 Å². The highest BCUT2D eigenvalue weighted by atomic mass is 16.4. The number of hydrogen-bond donors (Lipinski definition) is 3. The molecule has 2 aromatic carbocycles. The number of rotatable bonds is 7. The molecule has 2 amide bonds. The third-order valence-electron chi connectivity index (χ3n) is 3.60. The first-order chi connectivity index (χ1) is 12.5. The number of nitriles is 1. The number of hydrogen-bond acceptors (Lipinski definition) is 4. The quantitative estimate of drug-likeness (QED) is 0.690. The zero-order valence-corrected chi connectivity index (χ0v) is 13.8. The van der Waals surface area contributed by atoms with E-state index in [0.29, 0.717) is 16.7 Å². The van der Waals surface area contributed by atoms with E-state index in [1.54, 1.807) is 54.6 Å². The predicted molar refractivity (Wildman–Crippen MR) is 93.2 cm³/mol. The maximum absolute atomic E-state index is 12.0. The van der Waals surface area contributed by atoms with E-state index in [1.807, 2.05) is 6.07 Å². The van der Waals surface area contributed by atoms with E-state index in [4.69, 9.17) is 5.26 Å². The molecule has 0 aliphatic rings. The molecule has 0 radical (unpaired) electrons. The van der Waals surface area contributed by atoms with Gasteiger partial charge in [0.2, 0.25) is 5.91 Å². The summed E-state index contributed by atoms with van der Waals surface area (Å²) in [5, 5.41) is 22.9. The largest absolute Gasteiger partial charge is 0.480 e. The highest BCUT2D eigenvalue weighted by molar-refractivity contribution is 5.96. The Morgan fingerprint density at radius 2 is 1.69 bits per heavy atom. The second-order valence-corrected chi connectivity index (χ2v) is 5.52. The predicted octanol–water partition coefficient (Wildman–Crippen LogP) is 1.10. The Bertz CT molecular complexity index is 826. The minimum Gasteiger partial charge on any atom is -0.480 e. The minimum atomic E-state index is -1.18. The monoisotopic (exact) mass is 351 g/mol. The summed E-state index contributed by atoms with van der Waals surface area (Å²) in [6, 6.07) is 15.7. The van der Waals surface area contributed by atoms with Gasteiger partial charge in [-0.2, -0.15) is 5.26 Å². The lowest BCUT2D eigenvalue weighted by Crippen LogP contribution is -2.46. The van der Waals surface area contributed by atoms with E-state index < -0.39 is 23.8 Å². The number of nitrogens with zero attached hydrogens (tertiary/aromatic N) is 1. The van der Waals surface area contributed by atoms with Crippen LogP contribution in [0.1, 0.15) is 21.5 Å². The first-order valence-corrected chi connectivity index (χ1v) is 7.84. The van der Waals surface area contributed by atoms with Gasteiger partial charge in [-0.05, 0) is 29.8 Å². The Hall–Kier alpha value is -3.66. The van der Waals surface area contributed by atoms with Crippen molar-refractivity contribution in [3.05, 3.63) is 71.3 Å². The van der Waals surface area contributed by atoms with Crippen LogP contribution >= 0.6 is 0 Å². The molecule has 3 N–H and O–H groups in total. The third kappa shape index (κ3) is 5.46. The lowest BCUT2D eigenvalue weighted by atomic mass is 10.0. The van der Waals surface area contributed by atoms with Gasteiger partial charge in [0.15, 0.2) is 0 Å². The molecule has 0 fully saturated rings. The maximum Gasteiger partial charge on any atom is 0.326 e. The number of carbonyl (C=O) groups is 3. The van der Waals surface area contributed by atoms with Crippen LogP contribution in [0.3, 0.4) is 0 Å². The van der Waals surface area contributed by atoms with E-state index in [2.05, 4.69) is 10.6 Å². The van der Waals surface area contributed by atoms with E-state index >= 15 is 0 Å². The van der Waals surface area contributed by atoms with Gasteiger partial charge in [-0.15, -0.1) is 0 Å². The zero-order chi connectivity index (χ0) is 18.9. The molecule has 0 bridgehead atoms. The molecule has 1 atom stereocenters. The van der Waals surface area contributed by atoms with Crippen LogP contribution in [0.5, 0.6) is 0 Å². The summed E-state index contributed by atoms with van der Waals surface area (Å²) in [6.07, 6.45) is 0.0689. The van der Waals surface area contributed by atoms with Crippen molar-refractivity contribution in [2.24, 2.45) is 0 Å². The fraction of sp³-hybridized carbons (Fsp3) is 0.158. The molecule has 7 nitrogen and oxygen atoms in total. The Kier molecular flexibility index (Phi) is 6.46. The summed E-state index contributed by atoms with van der Waals surface area (Å²) in [7, 11) is 0. The number of carbonyl (C=O) groups excluding carboxylic acids is 2. The van der Waals surface area contributed by atoms with Gasteiger partial charge in [0, 0.05) is 12.0 Å². The second kappa shape index (κ2) is 8.99. The van der Waals surface area contributed by atoms with Gasteiger partial charge >= 0.3 is 5.97 Å². The Morgan fingerprint density at radius 1 is 1.04 bits per heavy atom. The van der Waals surface area contributed by atoms with Crippen LogP contribution in [0.4, 0.5) is 0 Å². The molecule has 0 saturated heterocycles. The topological polar surface area (TPSA) is 119 Å². The van der Waals surface area contributed by atoms with E-state index in [1.165, 1.54) is 0 Å². The van der Waals surface area contributed by atoms with Crippen LogP contribution in [-0.2, 0) is 16.0 Å². The third-order valence-corrected chi connectivity index (χ3v) is 3.60. The van der Waals surface area contributed by atoms with Crippen molar-refractivity contribution < 1.29 is 19.5 Å². The molecule has 2 aromatic rings. The van der Waals surface area contributed by atoms with Crippen molar-refractivity contribution in [2.45, 2.75) is 12.5 Å². The molecule has 7 heteroatoms. The molecule has 0 spiro atoms. The van der Waals surface area contributed by atoms with E-state index in [9.17, 15) is 19.5 Å². The van der Waals surface area contributed by atoms with Crippen molar-refractivity contribution in [1.82, 2.24) is 10.6 Å². The molecule has 0 unspecified atom stereocenters. The molecule has 0 aliphatic heterocycles. The van der Waals surface area contributed by atoms with Gasteiger partial charge in [0.25, 0.3) is 5.91 Å². The van der Waals surface area contributed by atoms with Crippen molar-refractivity contribution in [3.63, 3.8) is 0 Å². The number of nitrogens with one attached hydrogen (secondary N) is 2. The molecule has 132 valence electrons. The molecule has 0 aliphatic carbocycles. The smallest absolute Gasteiger partial charge is 0.326 e. The fourth-order valence-electron chi connectivity index (χ4n) is 2.25. The average molecular weight is 351 g/mol. The van der Waals surface area contributed by atoms with Crippen molar-refractivity contribution in [3.8, 4) is 6.07 Å². The lowest BCUT2D eigenvalue weighted by molar-refractivity contribution is -0.141.